The lowest BCUT2D eigenvalue weighted by molar-refractivity contribution is -0.143. The molecule has 1 unspecified atom stereocenters. The largest absolute Gasteiger partial charge is 0.480 e. The van der Waals surface area contributed by atoms with Crippen molar-refractivity contribution in [1.29, 1.82) is 0 Å². The van der Waals surface area contributed by atoms with E-state index in [1.54, 1.807) is 37.3 Å². The van der Waals surface area contributed by atoms with Crippen molar-refractivity contribution in [2.24, 2.45) is 0 Å². The van der Waals surface area contributed by atoms with E-state index in [2.05, 4.69) is 14.7 Å². The molecule has 1 aromatic carbocycles. The van der Waals surface area contributed by atoms with Crippen molar-refractivity contribution in [2.45, 2.75) is 24.4 Å². The summed E-state index contributed by atoms with van der Waals surface area (Å²) >= 11 is 0. The molecule has 0 radical (unpaired) electrons. The van der Waals surface area contributed by atoms with Gasteiger partial charge in [-0.25, -0.2) is 18.2 Å². The number of nitrogens with zero attached hydrogens (tertiary/aromatic N) is 1. The van der Waals surface area contributed by atoms with Crippen LogP contribution in [-0.2, 0) is 20.4 Å². The molecule has 1 atom stereocenters. The molecule has 0 saturated heterocycles. The predicted octanol–water partition coefficient (Wildman–Crippen LogP) is 0.996. The SMILES string of the molecule is Cc1ncc(S(=O)(=O)NC(C)(C(=O)O)c2ccccc2)[nH]1. The summed E-state index contributed by atoms with van der Waals surface area (Å²) in [6.45, 7) is 2.90. The monoisotopic (exact) mass is 309 g/mol. The summed E-state index contributed by atoms with van der Waals surface area (Å²) in [7, 11) is -4.04. The van der Waals surface area contributed by atoms with Gasteiger partial charge in [-0.1, -0.05) is 30.3 Å². The Morgan fingerprint density at radius 1 is 1.33 bits per heavy atom. The Morgan fingerprint density at radius 2 is 1.95 bits per heavy atom. The molecule has 0 aliphatic heterocycles. The van der Waals surface area contributed by atoms with E-state index in [4.69, 9.17) is 0 Å². The smallest absolute Gasteiger partial charge is 0.329 e. The number of carbonyl (C=O) groups is 1. The first-order chi connectivity index (χ1) is 9.75. The van der Waals surface area contributed by atoms with Crippen LogP contribution in [0.3, 0.4) is 0 Å². The number of benzene rings is 1. The summed E-state index contributed by atoms with van der Waals surface area (Å²) in [6.07, 6.45) is 1.14. The first-order valence-corrected chi connectivity index (χ1v) is 7.58. The zero-order valence-corrected chi connectivity index (χ0v) is 12.3. The van der Waals surface area contributed by atoms with Crippen LogP contribution >= 0.6 is 0 Å². The number of hydrogen-bond acceptors (Lipinski definition) is 4. The lowest BCUT2D eigenvalue weighted by Crippen LogP contribution is -2.49. The second kappa shape index (κ2) is 5.30. The molecule has 0 aliphatic rings. The summed E-state index contributed by atoms with van der Waals surface area (Å²) in [4.78, 5) is 18.0. The Morgan fingerprint density at radius 3 is 2.43 bits per heavy atom. The van der Waals surface area contributed by atoms with Gasteiger partial charge in [0.05, 0.1) is 6.20 Å². The molecule has 2 rings (SSSR count). The summed E-state index contributed by atoms with van der Waals surface area (Å²) in [6, 6.07) is 8.11. The van der Waals surface area contributed by atoms with Crippen LogP contribution < -0.4 is 4.72 Å². The van der Waals surface area contributed by atoms with Crippen LogP contribution in [-0.4, -0.2) is 29.5 Å². The molecule has 8 heteroatoms. The highest BCUT2D eigenvalue weighted by Gasteiger charge is 2.40. The Hall–Kier alpha value is -2.19. The Balaban J connectivity index is 2.44. The average Bonchev–Trinajstić information content (AvgIpc) is 2.86. The molecular formula is C13H15N3O4S. The minimum atomic E-state index is -4.04. The van der Waals surface area contributed by atoms with Crippen LogP contribution in [0, 0.1) is 6.92 Å². The van der Waals surface area contributed by atoms with E-state index >= 15 is 0 Å². The number of carboxylic acids is 1. The minimum absolute atomic E-state index is 0.177. The molecule has 1 heterocycles. The Bertz CT molecular complexity index is 755. The standard InChI is InChI=1S/C13H15N3O4S/c1-9-14-8-11(15-9)21(19,20)16-13(2,12(17)18)10-6-4-3-5-7-10/h3-8,16H,1-2H3,(H,14,15)(H,17,18). The molecule has 112 valence electrons. The number of sulfonamides is 1. The maximum absolute atomic E-state index is 12.3. The van der Waals surface area contributed by atoms with Crippen molar-refractivity contribution in [2.75, 3.05) is 0 Å². The van der Waals surface area contributed by atoms with E-state index in [0.29, 0.717) is 11.4 Å². The van der Waals surface area contributed by atoms with Crippen LogP contribution in [0.15, 0.2) is 41.6 Å². The molecule has 1 aromatic heterocycles. The zero-order valence-electron chi connectivity index (χ0n) is 11.5. The Labute approximate surface area is 122 Å². The van der Waals surface area contributed by atoms with Crippen molar-refractivity contribution in [3.05, 3.63) is 47.9 Å². The number of rotatable bonds is 5. The van der Waals surface area contributed by atoms with Crippen LogP contribution in [0.1, 0.15) is 18.3 Å². The quantitative estimate of drug-likeness (QED) is 0.762. The van der Waals surface area contributed by atoms with Gasteiger partial charge in [0.1, 0.15) is 5.82 Å². The highest BCUT2D eigenvalue weighted by molar-refractivity contribution is 7.89. The number of hydrogen-bond donors (Lipinski definition) is 3. The molecular weight excluding hydrogens is 294 g/mol. The minimum Gasteiger partial charge on any atom is -0.480 e. The van der Waals surface area contributed by atoms with Gasteiger partial charge in [-0.15, -0.1) is 0 Å². The van der Waals surface area contributed by atoms with E-state index in [1.807, 2.05) is 0 Å². The second-order valence-corrected chi connectivity index (χ2v) is 6.39. The molecule has 0 fully saturated rings. The van der Waals surface area contributed by atoms with Gasteiger partial charge in [-0.05, 0) is 19.4 Å². The van der Waals surface area contributed by atoms with Crippen molar-refractivity contribution >= 4 is 16.0 Å². The van der Waals surface area contributed by atoms with Crippen LogP contribution in [0.2, 0.25) is 0 Å². The van der Waals surface area contributed by atoms with Crippen molar-refractivity contribution in [3.8, 4) is 0 Å². The summed E-state index contributed by atoms with van der Waals surface area (Å²) in [5.41, 5.74) is -1.45. The van der Waals surface area contributed by atoms with Gasteiger partial charge in [-0.3, -0.25) is 0 Å². The number of aromatic nitrogens is 2. The van der Waals surface area contributed by atoms with Gasteiger partial charge < -0.3 is 10.1 Å². The lowest BCUT2D eigenvalue weighted by atomic mass is 9.94. The summed E-state index contributed by atoms with van der Waals surface area (Å²) in [5.74, 6) is -0.874. The molecule has 21 heavy (non-hydrogen) atoms. The van der Waals surface area contributed by atoms with Crippen molar-refractivity contribution in [1.82, 2.24) is 14.7 Å². The fraction of sp³-hybridized carbons (Fsp3) is 0.231. The predicted molar refractivity (Wildman–Crippen MR) is 75.1 cm³/mol. The number of imidazole rings is 1. The number of aryl methyl sites for hydroxylation is 1. The van der Waals surface area contributed by atoms with Gasteiger partial charge in [0.2, 0.25) is 0 Å². The topological polar surface area (TPSA) is 112 Å². The normalized spacial score (nSPS) is 14.6. The van der Waals surface area contributed by atoms with Crippen LogP contribution in [0.25, 0.3) is 0 Å². The number of aromatic amines is 1. The third kappa shape index (κ3) is 2.96. The van der Waals surface area contributed by atoms with E-state index < -0.39 is 21.5 Å². The number of carboxylic acid groups (broad SMARTS) is 1. The molecule has 0 saturated carbocycles. The van der Waals surface area contributed by atoms with E-state index in [-0.39, 0.29) is 5.03 Å². The second-order valence-electron chi connectivity index (χ2n) is 4.73. The molecule has 0 bridgehead atoms. The molecule has 2 aromatic rings. The van der Waals surface area contributed by atoms with Gasteiger partial charge in [0, 0.05) is 0 Å². The maximum atomic E-state index is 12.3. The summed E-state index contributed by atoms with van der Waals surface area (Å²) < 4.78 is 26.8. The Kier molecular flexibility index (Phi) is 3.84. The van der Waals surface area contributed by atoms with Crippen LogP contribution in [0.4, 0.5) is 0 Å². The average molecular weight is 309 g/mol. The third-order valence-corrected chi connectivity index (χ3v) is 4.55. The van der Waals surface area contributed by atoms with E-state index in [0.717, 1.165) is 6.20 Å². The van der Waals surface area contributed by atoms with Gasteiger partial charge >= 0.3 is 5.97 Å². The molecule has 3 N–H and O–H groups in total. The van der Waals surface area contributed by atoms with E-state index in [9.17, 15) is 18.3 Å². The number of nitrogens with one attached hydrogen (secondary N) is 2. The van der Waals surface area contributed by atoms with Gasteiger partial charge in [0.25, 0.3) is 10.0 Å². The maximum Gasteiger partial charge on any atom is 0.329 e. The fourth-order valence-electron chi connectivity index (χ4n) is 1.86. The van der Waals surface area contributed by atoms with Gasteiger partial charge in [-0.2, -0.15) is 4.72 Å². The summed E-state index contributed by atoms with van der Waals surface area (Å²) in [5, 5.41) is 9.27. The number of aliphatic carboxylic acids is 1. The van der Waals surface area contributed by atoms with E-state index in [1.165, 1.54) is 6.92 Å². The van der Waals surface area contributed by atoms with Gasteiger partial charge in [0.15, 0.2) is 10.6 Å². The van der Waals surface area contributed by atoms with Crippen molar-refractivity contribution < 1.29 is 18.3 Å². The van der Waals surface area contributed by atoms with Crippen molar-refractivity contribution in [3.63, 3.8) is 0 Å². The first-order valence-electron chi connectivity index (χ1n) is 6.10. The molecule has 0 spiro atoms. The highest BCUT2D eigenvalue weighted by atomic mass is 32.2. The third-order valence-electron chi connectivity index (χ3n) is 3.09. The van der Waals surface area contributed by atoms with Crippen LogP contribution in [0.5, 0.6) is 0 Å². The zero-order chi connectivity index (χ0) is 15.7. The molecule has 0 aliphatic carbocycles. The molecule has 0 amide bonds. The molecule has 7 nitrogen and oxygen atoms in total. The lowest BCUT2D eigenvalue weighted by Gasteiger charge is -2.26. The fourth-order valence-corrected chi connectivity index (χ4v) is 3.18. The number of H-pyrrole nitrogens is 1. The first kappa shape index (κ1) is 15.2. The highest BCUT2D eigenvalue weighted by Crippen LogP contribution is 2.23.